The predicted octanol–water partition coefficient (Wildman–Crippen LogP) is -0.413. The third-order valence-corrected chi connectivity index (χ3v) is 3.62. The van der Waals surface area contributed by atoms with E-state index < -0.39 is 12.0 Å². The van der Waals surface area contributed by atoms with Gasteiger partial charge < -0.3 is 5.11 Å². The Hall–Kier alpha value is -1.43. The quantitative estimate of drug-likeness (QED) is 0.640. The number of imide groups is 1. The molecule has 2 amide bonds. The number of carbonyl (C=O) groups excluding carboxylic acids is 2. The Labute approximate surface area is 99.0 Å². The molecule has 0 aromatic rings. The first-order valence-corrected chi connectivity index (χ1v) is 5.81. The van der Waals surface area contributed by atoms with Crippen LogP contribution in [-0.2, 0) is 14.4 Å². The molecule has 2 N–H and O–H groups in total. The van der Waals surface area contributed by atoms with Crippen LogP contribution in [-0.4, -0.2) is 46.4 Å². The summed E-state index contributed by atoms with van der Waals surface area (Å²) in [5.41, 5.74) is 0. The number of carboxylic acid groups (broad SMARTS) is 1. The first-order chi connectivity index (χ1) is 7.99. The zero-order valence-electron chi connectivity index (χ0n) is 9.68. The molecule has 0 spiro atoms. The molecule has 2 aliphatic rings. The molecule has 2 rings (SSSR count). The molecular formula is C11H16N2O4. The number of rotatable bonds is 2. The maximum Gasteiger partial charge on any atom is 0.306 e. The number of hydrogen-bond donors (Lipinski definition) is 2. The van der Waals surface area contributed by atoms with Gasteiger partial charge in [-0.15, -0.1) is 0 Å². The van der Waals surface area contributed by atoms with E-state index >= 15 is 0 Å². The second-order valence-corrected chi connectivity index (χ2v) is 4.78. The summed E-state index contributed by atoms with van der Waals surface area (Å²) < 4.78 is 0. The molecule has 6 heteroatoms. The number of piperidine rings is 1. The summed E-state index contributed by atoms with van der Waals surface area (Å²) >= 11 is 0. The van der Waals surface area contributed by atoms with Gasteiger partial charge in [0.25, 0.3) is 0 Å². The molecule has 0 aromatic heterocycles. The Morgan fingerprint density at radius 3 is 2.65 bits per heavy atom. The van der Waals surface area contributed by atoms with Gasteiger partial charge in [0.1, 0.15) is 0 Å². The molecule has 0 saturated carbocycles. The van der Waals surface area contributed by atoms with Gasteiger partial charge in [0.15, 0.2) is 0 Å². The second-order valence-electron chi connectivity index (χ2n) is 4.78. The average Bonchev–Trinajstić information content (AvgIpc) is 2.57. The lowest BCUT2D eigenvalue weighted by atomic mass is 9.90. The molecule has 0 aromatic carbocycles. The fourth-order valence-corrected chi connectivity index (χ4v) is 2.69. The van der Waals surface area contributed by atoms with Crippen LogP contribution in [0.25, 0.3) is 0 Å². The summed E-state index contributed by atoms with van der Waals surface area (Å²) in [5.74, 6) is -1.60. The normalized spacial score (nSPS) is 34.8. The Balaban J connectivity index is 2.02. The van der Waals surface area contributed by atoms with Crippen molar-refractivity contribution in [1.29, 1.82) is 0 Å². The number of amides is 2. The second kappa shape index (κ2) is 4.44. The van der Waals surface area contributed by atoms with Crippen molar-refractivity contribution < 1.29 is 19.5 Å². The third-order valence-electron chi connectivity index (χ3n) is 3.62. The highest BCUT2D eigenvalue weighted by Gasteiger charge is 2.40. The van der Waals surface area contributed by atoms with E-state index in [-0.39, 0.29) is 30.2 Å². The van der Waals surface area contributed by atoms with Gasteiger partial charge in [-0.1, -0.05) is 0 Å². The molecule has 2 aliphatic heterocycles. The lowest BCUT2D eigenvalue weighted by molar-refractivity contribution is -0.144. The molecule has 0 radical (unpaired) electrons. The third kappa shape index (κ3) is 2.31. The first kappa shape index (κ1) is 12.0. The number of carbonyl (C=O) groups is 3. The van der Waals surface area contributed by atoms with Crippen molar-refractivity contribution in [3.05, 3.63) is 0 Å². The van der Waals surface area contributed by atoms with Crippen molar-refractivity contribution in [3.63, 3.8) is 0 Å². The minimum Gasteiger partial charge on any atom is -0.481 e. The van der Waals surface area contributed by atoms with Crippen molar-refractivity contribution >= 4 is 17.8 Å². The molecule has 2 heterocycles. The Morgan fingerprint density at radius 2 is 2.18 bits per heavy atom. The van der Waals surface area contributed by atoms with Crippen molar-refractivity contribution in [3.8, 4) is 0 Å². The van der Waals surface area contributed by atoms with Crippen LogP contribution < -0.4 is 5.32 Å². The minimum atomic E-state index is -0.775. The summed E-state index contributed by atoms with van der Waals surface area (Å²) in [4.78, 5) is 35.5. The van der Waals surface area contributed by atoms with Gasteiger partial charge in [0, 0.05) is 12.6 Å². The highest BCUT2D eigenvalue weighted by Crippen LogP contribution is 2.26. The molecule has 94 valence electrons. The highest BCUT2D eigenvalue weighted by atomic mass is 16.4. The molecule has 0 aliphatic carbocycles. The molecule has 6 nitrogen and oxygen atoms in total. The maximum atomic E-state index is 11.6. The maximum absolute atomic E-state index is 11.6. The monoisotopic (exact) mass is 240 g/mol. The molecule has 3 atom stereocenters. The Morgan fingerprint density at radius 1 is 1.47 bits per heavy atom. The standard InChI is InChI=1S/C11H16N2O4/c1-6-4-7(11(16)17)2-3-13(6)8-5-9(14)12-10(8)15/h6-8H,2-5H2,1H3,(H,16,17)(H,12,14,15). The Bertz CT molecular complexity index is 368. The van der Waals surface area contributed by atoms with Gasteiger partial charge in [0.2, 0.25) is 11.8 Å². The summed E-state index contributed by atoms with van der Waals surface area (Å²) in [6.07, 6.45) is 1.27. The van der Waals surface area contributed by atoms with Crippen molar-refractivity contribution in [1.82, 2.24) is 10.2 Å². The lowest BCUT2D eigenvalue weighted by Gasteiger charge is -2.38. The lowest BCUT2D eigenvalue weighted by Crippen LogP contribution is -2.50. The van der Waals surface area contributed by atoms with Crippen LogP contribution in [0.15, 0.2) is 0 Å². The zero-order valence-corrected chi connectivity index (χ0v) is 9.68. The number of nitrogens with one attached hydrogen (secondary N) is 1. The van der Waals surface area contributed by atoms with Crippen molar-refractivity contribution in [2.75, 3.05) is 6.54 Å². The smallest absolute Gasteiger partial charge is 0.306 e. The van der Waals surface area contributed by atoms with E-state index in [1.165, 1.54) is 0 Å². The number of aliphatic carboxylic acids is 1. The van der Waals surface area contributed by atoms with E-state index in [4.69, 9.17) is 5.11 Å². The van der Waals surface area contributed by atoms with Gasteiger partial charge in [0.05, 0.1) is 18.4 Å². The van der Waals surface area contributed by atoms with Crippen LogP contribution in [0.5, 0.6) is 0 Å². The van der Waals surface area contributed by atoms with E-state index in [0.29, 0.717) is 19.4 Å². The van der Waals surface area contributed by atoms with Crippen LogP contribution in [0.4, 0.5) is 0 Å². The van der Waals surface area contributed by atoms with E-state index in [1.54, 1.807) is 0 Å². The van der Waals surface area contributed by atoms with E-state index in [0.717, 1.165) is 0 Å². The van der Waals surface area contributed by atoms with Crippen LogP contribution in [0.2, 0.25) is 0 Å². The summed E-state index contributed by atoms with van der Waals surface area (Å²) in [6.45, 7) is 2.47. The van der Waals surface area contributed by atoms with Gasteiger partial charge in [-0.3, -0.25) is 24.6 Å². The van der Waals surface area contributed by atoms with Crippen LogP contribution in [0, 0.1) is 5.92 Å². The fraction of sp³-hybridized carbons (Fsp3) is 0.727. The van der Waals surface area contributed by atoms with Crippen molar-refractivity contribution in [2.24, 2.45) is 5.92 Å². The van der Waals surface area contributed by atoms with Gasteiger partial charge in [-0.25, -0.2) is 0 Å². The van der Waals surface area contributed by atoms with E-state index in [2.05, 4.69) is 5.32 Å². The number of nitrogens with zero attached hydrogens (tertiary/aromatic N) is 1. The number of hydrogen-bond acceptors (Lipinski definition) is 4. The number of carboxylic acids is 1. The van der Waals surface area contributed by atoms with E-state index in [9.17, 15) is 14.4 Å². The molecule has 2 saturated heterocycles. The van der Waals surface area contributed by atoms with E-state index in [1.807, 2.05) is 11.8 Å². The fourth-order valence-electron chi connectivity index (χ4n) is 2.69. The molecule has 17 heavy (non-hydrogen) atoms. The van der Waals surface area contributed by atoms with Gasteiger partial charge >= 0.3 is 5.97 Å². The van der Waals surface area contributed by atoms with Gasteiger partial charge in [-0.2, -0.15) is 0 Å². The van der Waals surface area contributed by atoms with Crippen LogP contribution in [0.3, 0.4) is 0 Å². The zero-order chi connectivity index (χ0) is 12.6. The topological polar surface area (TPSA) is 86.7 Å². The summed E-state index contributed by atoms with van der Waals surface area (Å²) in [6, 6.07) is -0.390. The summed E-state index contributed by atoms with van der Waals surface area (Å²) in [5, 5.41) is 11.2. The Kier molecular flexibility index (Phi) is 3.15. The minimum absolute atomic E-state index is 0.0199. The molecule has 0 bridgehead atoms. The predicted molar refractivity (Wildman–Crippen MR) is 58.1 cm³/mol. The van der Waals surface area contributed by atoms with Gasteiger partial charge in [-0.05, 0) is 19.8 Å². The highest BCUT2D eigenvalue weighted by molar-refractivity contribution is 6.05. The van der Waals surface area contributed by atoms with Crippen LogP contribution in [0.1, 0.15) is 26.2 Å². The molecular weight excluding hydrogens is 224 g/mol. The average molecular weight is 240 g/mol. The van der Waals surface area contributed by atoms with Crippen LogP contribution >= 0.6 is 0 Å². The van der Waals surface area contributed by atoms with Crippen molar-refractivity contribution in [2.45, 2.75) is 38.3 Å². The first-order valence-electron chi connectivity index (χ1n) is 5.81. The molecule has 2 fully saturated rings. The molecule has 3 unspecified atom stereocenters. The SMILES string of the molecule is CC1CC(C(=O)O)CCN1C1CC(=O)NC1=O. The summed E-state index contributed by atoms with van der Waals surface area (Å²) in [7, 11) is 0. The number of likely N-dealkylation sites (tertiary alicyclic amines) is 1. The largest absolute Gasteiger partial charge is 0.481 e.